The summed E-state index contributed by atoms with van der Waals surface area (Å²) in [5.74, 6) is 0.486. The molecule has 1 fully saturated rings. The number of rotatable bonds is 2. The molecule has 1 atom stereocenters. The Morgan fingerprint density at radius 2 is 2.09 bits per heavy atom. The lowest BCUT2D eigenvalue weighted by Crippen LogP contribution is -2.39. The third-order valence-electron chi connectivity index (χ3n) is 4.52. The van der Waals surface area contributed by atoms with Crippen molar-refractivity contribution in [2.45, 2.75) is 32.6 Å². The van der Waals surface area contributed by atoms with Crippen molar-refractivity contribution in [3.05, 3.63) is 63.9 Å². The molecule has 2 heterocycles. The van der Waals surface area contributed by atoms with Gasteiger partial charge in [-0.25, -0.2) is 0 Å². The van der Waals surface area contributed by atoms with Crippen LogP contribution in [0.1, 0.15) is 45.9 Å². The maximum absolute atomic E-state index is 12.7. The highest BCUT2D eigenvalue weighted by Gasteiger charge is 2.26. The molecule has 3 nitrogen and oxygen atoms in total. The second kappa shape index (κ2) is 6.71. The Hall–Kier alpha value is -1.87. The molecule has 1 saturated heterocycles. The molecule has 1 aliphatic rings. The molecular formula is C19H21ClN2O. The lowest BCUT2D eigenvalue weighted by molar-refractivity contribution is 0.0706. The van der Waals surface area contributed by atoms with E-state index in [2.05, 4.69) is 18.0 Å². The molecule has 1 aromatic heterocycles. The molecule has 0 spiro atoms. The second-order valence-electron chi connectivity index (χ2n) is 6.28. The van der Waals surface area contributed by atoms with Crippen LogP contribution in [0.25, 0.3) is 0 Å². The largest absolute Gasteiger partial charge is 0.338 e. The maximum Gasteiger partial charge on any atom is 0.253 e. The highest BCUT2D eigenvalue weighted by Crippen LogP contribution is 2.31. The van der Waals surface area contributed by atoms with E-state index in [9.17, 15) is 4.79 Å². The van der Waals surface area contributed by atoms with E-state index in [0.717, 1.165) is 42.2 Å². The van der Waals surface area contributed by atoms with E-state index in [4.69, 9.17) is 11.6 Å². The summed E-state index contributed by atoms with van der Waals surface area (Å²) in [6.45, 7) is 5.59. The highest BCUT2D eigenvalue weighted by atomic mass is 35.5. The van der Waals surface area contributed by atoms with E-state index in [1.54, 1.807) is 12.3 Å². The first-order valence-electron chi connectivity index (χ1n) is 8.02. The minimum absolute atomic E-state index is 0.104. The summed E-state index contributed by atoms with van der Waals surface area (Å²) in [6.07, 6.45) is 3.84. The monoisotopic (exact) mass is 328 g/mol. The number of carbonyl (C=O) groups excluding carboxylic acids is 1. The van der Waals surface area contributed by atoms with Gasteiger partial charge in [0, 0.05) is 41.5 Å². The van der Waals surface area contributed by atoms with Crippen molar-refractivity contribution in [2.75, 3.05) is 13.1 Å². The molecule has 4 heteroatoms. The first-order chi connectivity index (χ1) is 11.0. The molecule has 0 radical (unpaired) electrons. The van der Waals surface area contributed by atoms with Crippen molar-refractivity contribution >= 4 is 17.5 Å². The summed E-state index contributed by atoms with van der Waals surface area (Å²) in [5.41, 5.74) is 4.11. The quantitative estimate of drug-likeness (QED) is 0.820. The summed E-state index contributed by atoms with van der Waals surface area (Å²) in [5, 5.41) is 0.766. The third kappa shape index (κ3) is 3.56. The van der Waals surface area contributed by atoms with E-state index < -0.39 is 0 Å². The fraction of sp³-hybridized carbons (Fsp3) is 0.368. The third-order valence-corrected chi connectivity index (χ3v) is 4.76. The molecule has 2 aromatic rings. The van der Waals surface area contributed by atoms with Crippen LogP contribution in [0, 0.1) is 13.8 Å². The van der Waals surface area contributed by atoms with Gasteiger partial charge in [-0.3, -0.25) is 9.78 Å². The zero-order valence-corrected chi connectivity index (χ0v) is 14.3. The van der Waals surface area contributed by atoms with Gasteiger partial charge in [0.1, 0.15) is 0 Å². The molecule has 1 unspecified atom stereocenters. The van der Waals surface area contributed by atoms with Crippen molar-refractivity contribution in [2.24, 2.45) is 0 Å². The van der Waals surface area contributed by atoms with Crippen LogP contribution in [-0.4, -0.2) is 28.9 Å². The zero-order chi connectivity index (χ0) is 16.4. The number of piperidine rings is 1. The maximum atomic E-state index is 12.7. The summed E-state index contributed by atoms with van der Waals surface area (Å²) in [4.78, 5) is 18.9. The van der Waals surface area contributed by atoms with Crippen molar-refractivity contribution in [1.29, 1.82) is 0 Å². The Bertz CT molecular complexity index is 729. The zero-order valence-electron chi connectivity index (χ0n) is 13.6. The average molecular weight is 329 g/mol. The fourth-order valence-corrected chi connectivity index (χ4v) is 3.60. The molecule has 0 saturated carbocycles. The number of aryl methyl sites for hydroxylation is 2. The minimum atomic E-state index is 0.104. The van der Waals surface area contributed by atoms with Crippen molar-refractivity contribution in [3.63, 3.8) is 0 Å². The van der Waals surface area contributed by atoms with E-state index in [0.29, 0.717) is 5.92 Å². The molecule has 1 aromatic carbocycles. The van der Waals surface area contributed by atoms with Gasteiger partial charge in [-0.1, -0.05) is 17.7 Å². The molecule has 0 bridgehead atoms. The van der Waals surface area contributed by atoms with Gasteiger partial charge >= 0.3 is 0 Å². The van der Waals surface area contributed by atoms with Gasteiger partial charge in [0.25, 0.3) is 5.91 Å². The first-order valence-corrected chi connectivity index (χ1v) is 8.40. The van der Waals surface area contributed by atoms with Crippen LogP contribution in [0.2, 0.25) is 5.02 Å². The molecule has 120 valence electrons. The second-order valence-corrected chi connectivity index (χ2v) is 6.71. The van der Waals surface area contributed by atoms with Gasteiger partial charge in [-0.05, 0) is 62.1 Å². The van der Waals surface area contributed by atoms with E-state index in [1.807, 2.05) is 30.0 Å². The SMILES string of the molecule is Cc1cc(C(=O)N2CCCC(c3ccc(Cl)cc3C)C2)ccn1. The summed E-state index contributed by atoms with van der Waals surface area (Å²) in [6, 6.07) is 9.71. The smallest absolute Gasteiger partial charge is 0.253 e. The molecule has 0 N–H and O–H groups in total. The van der Waals surface area contributed by atoms with E-state index >= 15 is 0 Å². The van der Waals surface area contributed by atoms with Crippen molar-refractivity contribution in [1.82, 2.24) is 9.88 Å². The van der Waals surface area contributed by atoms with Gasteiger partial charge < -0.3 is 4.90 Å². The molecule has 1 aliphatic heterocycles. The molecule has 3 rings (SSSR count). The minimum Gasteiger partial charge on any atom is -0.338 e. The lowest BCUT2D eigenvalue weighted by atomic mass is 9.88. The Morgan fingerprint density at radius 1 is 1.26 bits per heavy atom. The van der Waals surface area contributed by atoms with Crippen LogP contribution >= 0.6 is 11.6 Å². The standard InChI is InChI=1S/C19H21ClN2O/c1-13-10-17(20)5-6-18(13)16-4-3-9-22(12-16)19(23)15-7-8-21-14(2)11-15/h5-8,10-11,16H,3-4,9,12H2,1-2H3. The Kier molecular flexibility index (Phi) is 4.67. The first kappa shape index (κ1) is 16.0. The molecular weight excluding hydrogens is 308 g/mol. The Labute approximate surface area is 142 Å². The van der Waals surface area contributed by atoms with Gasteiger partial charge in [-0.15, -0.1) is 0 Å². The fourth-order valence-electron chi connectivity index (χ4n) is 3.37. The molecule has 0 aliphatic carbocycles. The normalized spacial score (nSPS) is 18.0. The number of halogens is 1. The van der Waals surface area contributed by atoms with Gasteiger partial charge in [0.2, 0.25) is 0 Å². The van der Waals surface area contributed by atoms with Crippen LogP contribution in [0.15, 0.2) is 36.5 Å². The number of benzene rings is 1. The van der Waals surface area contributed by atoms with Crippen molar-refractivity contribution in [3.8, 4) is 0 Å². The van der Waals surface area contributed by atoms with Gasteiger partial charge in [-0.2, -0.15) is 0 Å². The van der Waals surface area contributed by atoms with Gasteiger partial charge in [0.15, 0.2) is 0 Å². The summed E-state index contributed by atoms with van der Waals surface area (Å²) >= 11 is 6.06. The van der Waals surface area contributed by atoms with Crippen LogP contribution in [0.5, 0.6) is 0 Å². The van der Waals surface area contributed by atoms with E-state index in [1.165, 1.54) is 11.1 Å². The number of likely N-dealkylation sites (tertiary alicyclic amines) is 1. The predicted molar refractivity (Wildman–Crippen MR) is 93.0 cm³/mol. The molecule has 1 amide bonds. The van der Waals surface area contributed by atoms with Crippen molar-refractivity contribution < 1.29 is 4.79 Å². The van der Waals surface area contributed by atoms with Crippen LogP contribution in [0.3, 0.4) is 0 Å². The van der Waals surface area contributed by atoms with E-state index in [-0.39, 0.29) is 5.91 Å². The van der Waals surface area contributed by atoms with Crippen LogP contribution < -0.4 is 0 Å². The summed E-state index contributed by atoms with van der Waals surface area (Å²) in [7, 11) is 0. The highest BCUT2D eigenvalue weighted by molar-refractivity contribution is 6.30. The summed E-state index contributed by atoms with van der Waals surface area (Å²) < 4.78 is 0. The number of amides is 1. The number of hydrogen-bond acceptors (Lipinski definition) is 2. The van der Waals surface area contributed by atoms with Crippen LogP contribution in [-0.2, 0) is 0 Å². The number of hydrogen-bond donors (Lipinski definition) is 0. The number of nitrogens with zero attached hydrogens (tertiary/aromatic N) is 2. The lowest BCUT2D eigenvalue weighted by Gasteiger charge is -2.34. The average Bonchev–Trinajstić information content (AvgIpc) is 2.54. The number of carbonyl (C=O) groups is 1. The van der Waals surface area contributed by atoms with Gasteiger partial charge in [0.05, 0.1) is 0 Å². The number of pyridine rings is 1. The molecule has 23 heavy (non-hydrogen) atoms. The number of aromatic nitrogens is 1. The topological polar surface area (TPSA) is 33.2 Å². The predicted octanol–water partition coefficient (Wildman–Crippen LogP) is 4.37. The van der Waals surface area contributed by atoms with Crippen LogP contribution in [0.4, 0.5) is 0 Å². The Balaban J connectivity index is 1.79. The Morgan fingerprint density at radius 3 is 2.83 bits per heavy atom.